The summed E-state index contributed by atoms with van der Waals surface area (Å²) in [5, 5.41) is 2.41. The Balaban J connectivity index is 1.71. The van der Waals surface area contributed by atoms with Gasteiger partial charge in [-0.1, -0.05) is 76.2 Å². The summed E-state index contributed by atoms with van der Waals surface area (Å²) in [5.41, 5.74) is 12.5. The van der Waals surface area contributed by atoms with Crippen LogP contribution >= 0.6 is 0 Å². The summed E-state index contributed by atoms with van der Waals surface area (Å²) >= 11 is 0. The molecule has 1 aliphatic carbocycles. The molecule has 0 saturated heterocycles. The fourth-order valence-corrected chi connectivity index (χ4v) is 7.17. The van der Waals surface area contributed by atoms with E-state index in [1.807, 2.05) is 0 Å². The van der Waals surface area contributed by atoms with Gasteiger partial charge in [-0.25, -0.2) is 4.57 Å². The molecule has 2 aromatic heterocycles. The van der Waals surface area contributed by atoms with E-state index < -0.39 is 0 Å². The van der Waals surface area contributed by atoms with Gasteiger partial charge < -0.3 is 4.42 Å². The standard InChI is InChI=1S/C35H38NO/c1-21(2)18-35(19-22(3)4)28-11-9-8-10-27(28)32-29(35)16-15-26-25-14-13-24(6)31(33(25)37-34(26)32)30-17-12-23(5)20-36(30)7/h8-17,20-22H,18-19H2,1-7H3/q+1. The van der Waals surface area contributed by atoms with Gasteiger partial charge in [0, 0.05) is 33.4 Å². The maximum atomic E-state index is 6.99. The van der Waals surface area contributed by atoms with E-state index in [1.54, 1.807) is 0 Å². The average molecular weight is 489 g/mol. The molecule has 2 heterocycles. The van der Waals surface area contributed by atoms with Crippen molar-refractivity contribution in [3.8, 4) is 22.4 Å². The Morgan fingerprint density at radius 3 is 2.05 bits per heavy atom. The van der Waals surface area contributed by atoms with Crippen LogP contribution in [0.15, 0.2) is 71.3 Å². The lowest BCUT2D eigenvalue weighted by atomic mass is 9.68. The third-order valence-electron chi connectivity index (χ3n) is 8.30. The zero-order valence-electron chi connectivity index (χ0n) is 23.3. The molecule has 0 bridgehead atoms. The first kappa shape index (κ1) is 24.0. The molecule has 0 aliphatic heterocycles. The van der Waals surface area contributed by atoms with E-state index in [2.05, 4.69) is 120 Å². The molecule has 0 unspecified atom stereocenters. The largest absolute Gasteiger partial charge is 0.454 e. The molecule has 5 aromatic rings. The van der Waals surface area contributed by atoms with Crippen LogP contribution in [0.4, 0.5) is 0 Å². The molecule has 1 aliphatic rings. The number of pyridine rings is 1. The Labute approximate surface area is 221 Å². The number of fused-ring (bicyclic) bond motifs is 7. The van der Waals surface area contributed by atoms with Gasteiger partial charge in [-0.15, -0.1) is 0 Å². The average Bonchev–Trinajstić information content (AvgIpc) is 3.33. The lowest BCUT2D eigenvalue weighted by molar-refractivity contribution is -0.660. The lowest BCUT2D eigenvalue weighted by Gasteiger charge is -2.35. The lowest BCUT2D eigenvalue weighted by Crippen LogP contribution is -2.31. The van der Waals surface area contributed by atoms with Crippen molar-refractivity contribution in [1.82, 2.24) is 0 Å². The number of aromatic nitrogens is 1. The second kappa shape index (κ2) is 8.58. The molecule has 2 heteroatoms. The van der Waals surface area contributed by atoms with E-state index in [0.29, 0.717) is 11.8 Å². The highest BCUT2D eigenvalue weighted by Crippen LogP contribution is 2.57. The molecule has 37 heavy (non-hydrogen) atoms. The van der Waals surface area contributed by atoms with Gasteiger partial charge in [0.1, 0.15) is 18.2 Å². The Kier molecular flexibility index (Phi) is 5.56. The summed E-state index contributed by atoms with van der Waals surface area (Å²) in [7, 11) is 2.13. The Morgan fingerprint density at radius 1 is 0.730 bits per heavy atom. The van der Waals surface area contributed by atoms with Crippen LogP contribution < -0.4 is 4.57 Å². The van der Waals surface area contributed by atoms with Gasteiger partial charge in [-0.05, 0) is 66.8 Å². The Morgan fingerprint density at radius 2 is 1.38 bits per heavy atom. The van der Waals surface area contributed by atoms with Crippen LogP contribution in [0.1, 0.15) is 62.8 Å². The second-order valence-electron chi connectivity index (χ2n) is 12.1. The number of hydrogen-bond donors (Lipinski definition) is 0. The van der Waals surface area contributed by atoms with Crippen molar-refractivity contribution in [1.29, 1.82) is 0 Å². The molecule has 2 nitrogen and oxygen atoms in total. The van der Waals surface area contributed by atoms with Gasteiger partial charge in [-0.2, -0.15) is 0 Å². The third-order valence-corrected chi connectivity index (χ3v) is 8.30. The van der Waals surface area contributed by atoms with Crippen LogP contribution in [0.2, 0.25) is 0 Å². The number of furan rings is 1. The van der Waals surface area contributed by atoms with Crippen LogP contribution in [0, 0.1) is 25.7 Å². The van der Waals surface area contributed by atoms with Gasteiger partial charge in [0.2, 0.25) is 5.69 Å². The summed E-state index contributed by atoms with van der Waals surface area (Å²) in [6, 6.07) is 22.7. The van der Waals surface area contributed by atoms with E-state index in [1.165, 1.54) is 55.4 Å². The molecule has 3 aromatic carbocycles. The van der Waals surface area contributed by atoms with E-state index in [0.717, 1.165) is 24.0 Å². The minimum Gasteiger partial charge on any atom is -0.454 e. The first-order chi connectivity index (χ1) is 17.7. The summed E-state index contributed by atoms with van der Waals surface area (Å²) in [6.07, 6.45) is 4.48. The van der Waals surface area contributed by atoms with Gasteiger partial charge in [0.25, 0.3) is 0 Å². The molecule has 0 atom stereocenters. The van der Waals surface area contributed by atoms with Gasteiger partial charge in [0.15, 0.2) is 6.20 Å². The smallest absolute Gasteiger partial charge is 0.216 e. The zero-order valence-corrected chi connectivity index (χ0v) is 23.3. The van der Waals surface area contributed by atoms with Crippen molar-refractivity contribution in [2.45, 2.75) is 59.8 Å². The predicted octanol–water partition coefficient (Wildman–Crippen LogP) is 9.05. The molecular formula is C35H38NO+. The van der Waals surface area contributed by atoms with Crippen molar-refractivity contribution in [3.05, 3.63) is 89.1 Å². The minimum atomic E-state index is 0.0174. The monoisotopic (exact) mass is 488 g/mol. The molecular weight excluding hydrogens is 450 g/mol. The molecule has 0 saturated carbocycles. The highest BCUT2D eigenvalue weighted by Gasteiger charge is 2.45. The highest BCUT2D eigenvalue weighted by atomic mass is 16.3. The van der Waals surface area contributed by atoms with Gasteiger partial charge in [0.05, 0.1) is 5.56 Å². The fraction of sp³-hybridized carbons (Fsp3) is 0.343. The van der Waals surface area contributed by atoms with Crippen LogP contribution in [0.25, 0.3) is 44.3 Å². The topological polar surface area (TPSA) is 17.0 Å². The zero-order chi connectivity index (χ0) is 26.1. The summed E-state index contributed by atoms with van der Waals surface area (Å²) in [6.45, 7) is 13.8. The maximum absolute atomic E-state index is 6.99. The number of benzene rings is 3. The van der Waals surface area contributed by atoms with Crippen molar-refractivity contribution < 1.29 is 8.98 Å². The van der Waals surface area contributed by atoms with E-state index in [4.69, 9.17) is 4.42 Å². The SMILES string of the molecule is Cc1ccc(-c2c(C)ccc3c2oc2c4c(ccc23)C(CC(C)C)(CC(C)C)c2ccccc2-4)[n+](C)c1. The predicted molar refractivity (Wildman–Crippen MR) is 155 cm³/mol. The van der Waals surface area contributed by atoms with Crippen LogP contribution in [0.3, 0.4) is 0 Å². The molecule has 0 N–H and O–H groups in total. The highest BCUT2D eigenvalue weighted by molar-refractivity contribution is 6.14. The van der Waals surface area contributed by atoms with Gasteiger partial charge >= 0.3 is 0 Å². The molecule has 0 amide bonds. The quantitative estimate of drug-likeness (QED) is 0.226. The fourth-order valence-electron chi connectivity index (χ4n) is 7.17. The van der Waals surface area contributed by atoms with Crippen LogP contribution in [0.5, 0.6) is 0 Å². The van der Waals surface area contributed by atoms with Crippen molar-refractivity contribution in [2.24, 2.45) is 18.9 Å². The molecule has 0 spiro atoms. The number of nitrogens with zero attached hydrogens (tertiary/aromatic N) is 1. The molecule has 0 radical (unpaired) electrons. The Hall–Kier alpha value is -3.39. The van der Waals surface area contributed by atoms with E-state index >= 15 is 0 Å². The maximum Gasteiger partial charge on any atom is 0.216 e. The molecule has 188 valence electrons. The summed E-state index contributed by atoms with van der Waals surface area (Å²) in [4.78, 5) is 0. The number of rotatable bonds is 5. The second-order valence-corrected chi connectivity index (χ2v) is 12.1. The molecule has 6 rings (SSSR count). The van der Waals surface area contributed by atoms with Crippen LogP contribution in [-0.2, 0) is 12.5 Å². The van der Waals surface area contributed by atoms with E-state index in [-0.39, 0.29) is 5.41 Å². The van der Waals surface area contributed by atoms with Crippen molar-refractivity contribution in [2.75, 3.05) is 0 Å². The Bertz CT molecular complexity index is 1660. The normalized spacial score (nSPS) is 14.2. The van der Waals surface area contributed by atoms with E-state index in [9.17, 15) is 0 Å². The number of aryl methyl sites for hydroxylation is 3. The summed E-state index contributed by atoms with van der Waals surface area (Å²) < 4.78 is 9.22. The number of hydrogen-bond acceptors (Lipinski definition) is 1. The first-order valence-electron chi connectivity index (χ1n) is 13.8. The van der Waals surface area contributed by atoms with Crippen molar-refractivity contribution >= 4 is 21.9 Å². The minimum absolute atomic E-state index is 0.0174. The summed E-state index contributed by atoms with van der Waals surface area (Å²) in [5.74, 6) is 1.19. The molecule has 0 fully saturated rings. The third kappa shape index (κ3) is 3.56. The van der Waals surface area contributed by atoms with Crippen LogP contribution in [-0.4, -0.2) is 0 Å². The van der Waals surface area contributed by atoms with Gasteiger partial charge in [-0.3, -0.25) is 0 Å². The first-order valence-corrected chi connectivity index (χ1v) is 13.8. The van der Waals surface area contributed by atoms with Crippen molar-refractivity contribution in [3.63, 3.8) is 0 Å².